The second kappa shape index (κ2) is 3.21. The van der Waals surface area contributed by atoms with Crippen LogP contribution in [-0.4, -0.2) is 15.8 Å². The lowest BCUT2D eigenvalue weighted by molar-refractivity contribution is -0.0357. The van der Waals surface area contributed by atoms with Gasteiger partial charge in [-0.2, -0.15) is 0 Å². The number of rotatable bonds is 2. The highest BCUT2D eigenvalue weighted by molar-refractivity contribution is 5.97. The van der Waals surface area contributed by atoms with Crippen LogP contribution in [0.1, 0.15) is 49.1 Å². The molecule has 3 heteroatoms. The fourth-order valence-electron chi connectivity index (χ4n) is 5.03. The van der Waals surface area contributed by atoms with E-state index < -0.39 is 0 Å². The first-order chi connectivity index (χ1) is 8.25. The fourth-order valence-corrected chi connectivity index (χ4v) is 5.03. The van der Waals surface area contributed by atoms with E-state index in [0.717, 1.165) is 37.0 Å². The molecule has 0 aliphatic heterocycles. The molecule has 0 aromatic carbocycles. The molecule has 4 bridgehead atoms. The predicted molar refractivity (Wildman–Crippen MR) is 63.5 cm³/mol. The van der Waals surface area contributed by atoms with Crippen LogP contribution in [0.15, 0.2) is 12.4 Å². The van der Waals surface area contributed by atoms with Gasteiger partial charge in [-0.3, -0.25) is 4.79 Å². The van der Waals surface area contributed by atoms with Gasteiger partial charge in [-0.25, -0.2) is 4.98 Å². The number of imidazole rings is 1. The van der Waals surface area contributed by atoms with Crippen LogP contribution in [0.25, 0.3) is 0 Å². The van der Waals surface area contributed by atoms with Crippen molar-refractivity contribution >= 4 is 5.78 Å². The summed E-state index contributed by atoms with van der Waals surface area (Å²) in [5.41, 5.74) is -0.0490. The smallest absolute Gasteiger partial charge is 0.204 e. The van der Waals surface area contributed by atoms with Gasteiger partial charge in [0.2, 0.25) is 5.78 Å². The summed E-state index contributed by atoms with van der Waals surface area (Å²) in [4.78, 5) is 19.8. The normalized spacial score (nSPS) is 42.9. The van der Waals surface area contributed by atoms with E-state index in [-0.39, 0.29) is 5.41 Å². The largest absolute Gasteiger partial charge is 0.342 e. The summed E-state index contributed by atoms with van der Waals surface area (Å²) >= 11 is 0. The van der Waals surface area contributed by atoms with Gasteiger partial charge < -0.3 is 4.98 Å². The zero-order chi connectivity index (χ0) is 11.5. The summed E-state index contributed by atoms with van der Waals surface area (Å²) in [7, 11) is 0. The third-order valence-corrected chi connectivity index (χ3v) is 5.23. The molecule has 4 aliphatic rings. The lowest BCUT2D eigenvalue weighted by atomic mass is 9.48. The molecule has 1 heterocycles. The van der Waals surface area contributed by atoms with E-state index in [2.05, 4.69) is 9.97 Å². The molecule has 1 aromatic rings. The maximum Gasteiger partial charge on any atom is 0.204 e. The van der Waals surface area contributed by atoms with Crippen molar-refractivity contribution in [3.05, 3.63) is 18.2 Å². The van der Waals surface area contributed by atoms with Crippen LogP contribution < -0.4 is 0 Å². The summed E-state index contributed by atoms with van der Waals surface area (Å²) in [5, 5.41) is 0. The number of H-pyrrole nitrogens is 1. The SMILES string of the molecule is O=C(c1ncc[nH]1)C12CC3CC(CC(C3)C1)C2. The fraction of sp³-hybridized carbons (Fsp3) is 0.714. The average Bonchev–Trinajstić information content (AvgIpc) is 2.79. The Morgan fingerprint density at radius 1 is 1.18 bits per heavy atom. The zero-order valence-corrected chi connectivity index (χ0v) is 9.98. The van der Waals surface area contributed by atoms with Gasteiger partial charge in [0.25, 0.3) is 0 Å². The molecular weight excluding hydrogens is 212 g/mol. The summed E-state index contributed by atoms with van der Waals surface area (Å²) in [6, 6.07) is 0. The molecule has 3 nitrogen and oxygen atoms in total. The molecule has 0 unspecified atom stereocenters. The highest BCUT2D eigenvalue weighted by Gasteiger charge is 2.55. The number of carbonyl (C=O) groups excluding carboxylic acids is 1. The summed E-state index contributed by atoms with van der Waals surface area (Å²) in [5.74, 6) is 3.34. The van der Waals surface area contributed by atoms with Crippen LogP contribution in [0.3, 0.4) is 0 Å². The molecule has 0 amide bonds. The molecule has 1 N–H and O–H groups in total. The molecule has 1 aromatic heterocycles. The molecule has 4 fully saturated rings. The quantitative estimate of drug-likeness (QED) is 0.794. The van der Waals surface area contributed by atoms with Gasteiger partial charge in [0.15, 0.2) is 5.82 Å². The van der Waals surface area contributed by atoms with Gasteiger partial charge in [-0.15, -0.1) is 0 Å². The number of aromatic nitrogens is 2. The third kappa shape index (κ3) is 1.34. The van der Waals surface area contributed by atoms with E-state index >= 15 is 0 Å². The predicted octanol–water partition coefficient (Wildman–Crippen LogP) is 2.81. The molecule has 5 rings (SSSR count). The van der Waals surface area contributed by atoms with Crippen molar-refractivity contribution < 1.29 is 4.79 Å². The van der Waals surface area contributed by atoms with Crippen LogP contribution in [0, 0.1) is 23.2 Å². The second-order valence-electron chi connectivity index (χ2n) is 6.46. The van der Waals surface area contributed by atoms with E-state index in [1.54, 1.807) is 12.4 Å². The summed E-state index contributed by atoms with van der Waals surface area (Å²) in [6.45, 7) is 0. The highest BCUT2D eigenvalue weighted by atomic mass is 16.1. The number of Topliss-reactive ketones (excluding diaryl/α,β-unsaturated/α-hetero) is 1. The molecule has 0 saturated heterocycles. The topological polar surface area (TPSA) is 45.8 Å². The molecule has 0 radical (unpaired) electrons. The molecule has 0 atom stereocenters. The number of ketones is 1. The molecule has 4 aliphatic carbocycles. The molecule has 0 spiro atoms. The Hall–Kier alpha value is -1.12. The molecule has 17 heavy (non-hydrogen) atoms. The van der Waals surface area contributed by atoms with E-state index in [9.17, 15) is 4.79 Å². The van der Waals surface area contributed by atoms with Crippen LogP contribution in [0.2, 0.25) is 0 Å². The van der Waals surface area contributed by atoms with Gasteiger partial charge >= 0.3 is 0 Å². The monoisotopic (exact) mass is 230 g/mol. The van der Waals surface area contributed by atoms with Gasteiger partial charge in [0, 0.05) is 17.8 Å². The van der Waals surface area contributed by atoms with Gasteiger partial charge in [0.1, 0.15) is 0 Å². The van der Waals surface area contributed by atoms with Crippen LogP contribution in [0.4, 0.5) is 0 Å². The number of nitrogens with one attached hydrogen (secondary N) is 1. The van der Waals surface area contributed by atoms with Crippen molar-refractivity contribution in [2.75, 3.05) is 0 Å². The van der Waals surface area contributed by atoms with Crippen molar-refractivity contribution in [1.29, 1.82) is 0 Å². The summed E-state index contributed by atoms with van der Waals surface area (Å²) in [6.07, 6.45) is 11.0. The van der Waals surface area contributed by atoms with E-state index in [1.165, 1.54) is 19.3 Å². The number of hydrogen-bond donors (Lipinski definition) is 1. The molecule has 4 saturated carbocycles. The van der Waals surface area contributed by atoms with Crippen LogP contribution in [-0.2, 0) is 0 Å². The Bertz CT molecular complexity index is 414. The van der Waals surface area contributed by atoms with Crippen molar-refractivity contribution in [3.8, 4) is 0 Å². The number of aromatic amines is 1. The number of nitrogens with zero attached hydrogens (tertiary/aromatic N) is 1. The van der Waals surface area contributed by atoms with Crippen molar-refractivity contribution in [1.82, 2.24) is 9.97 Å². The summed E-state index contributed by atoms with van der Waals surface area (Å²) < 4.78 is 0. The third-order valence-electron chi connectivity index (χ3n) is 5.23. The Balaban J connectivity index is 1.71. The van der Waals surface area contributed by atoms with Crippen molar-refractivity contribution in [2.24, 2.45) is 23.2 Å². The van der Waals surface area contributed by atoms with E-state index in [4.69, 9.17) is 0 Å². The van der Waals surface area contributed by atoms with Crippen LogP contribution in [0.5, 0.6) is 0 Å². The molecular formula is C14H18N2O. The minimum atomic E-state index is -0.0490. The minimum absolute atomic E-state index is 0.0490. The second-order valence-corrected chi connectivity index (χ2v) is 6.46. The Labute approximate surface area is 101 Å². The Morgan fingerprint density at radius 3 is 2.24 bits per heavy atom. The first-order valence-electron chi connectivity index (χ1n) is 6.79. The van der Waals surface area contributed by atoms with Gasteiger partial charge in [-0.05, 0) is 56.3 Å². The zero-order valence-electron chi connectivity index (χ0n) is 9.98. The van der Waals surface area contributed by atoms with Gasteiger partial charge in [-0.1, -0.05) is 0 Å². The van der Waals surface area contributed by atoms with Gasteiger partial charge in [0.05, 0.1) is 0 Å². The Kier molecular flexibility index (Phi) is 1.86. The molecule has 90 valence electrons. The van der Waals surface area contributed by atoms with Crippen molar-refractivity contribution in [2.45, 2.75) is 38.5 Å². The number of carbonyl (C=O) groups is 1. The van der Waals surface area contributed by atoms with Crippen molar-refractivity contribution in [3.63, 3.8) is 0 Å². The highest BCUT2D eigenvalue weighted by Crippen LogP contribution is 2.60. The lowest BCUT2D eigenvalue weighted by Crippen LogP contribution is -2.50. The first-order valence-corrected chi connectivity index (χ1v) is 6.79. The standard InChI is InChI=1S/C14H18N2O/c17-12(13-15-1-2-16-13)14-6-9-3-10(7-14)5-11(4-9)8-14/h1-2,9-11H,3-8H2,(H,15,16). The minimum Gasteiger partial charge on any atom is -0.342 e. The average molecular weight is 230 g/mol. The van der Waals surface area contributed by atoms with E-state index in [1.807, 2.05) is 0 Å². The first kappa shape index (κ1) is 9.86. The lowest BCUT2D eigenvalue weighted by Gasteiger charge is -2.55. The number of hydrogen-bond acceptors (Lipinski definition) is 2. The Morgan fingerprint density at radius 2 is 1.76 bits per heavy atom. The van der Waals surface area contributed by atoms with E-state index in [0.29, 0.717) is 11.6 Å². The van der Waals surface area contributed by atoms with Crippen LogP contribution >= 0.6 is 0 Å². The maximum absolute atomic E-state index is 12.7. The maximum atomic E-state index is 12.7.